The minimum Gasteiger partial charge on any atom is -0.550 e. The summed E-state index contributed by atoms with van der Waals surface area (Å²) in [5.41, 5.74) is 0. The third kappa shape index (κ3) is 269. The Bertz CT molecular complexity index is 125. The van der Waals surface area contributed by atoms with Gasteiger partial charge in [-0.2, -0.15) is 0 Å². The molecule has 0 aromatic rings. The van der Waals surface area contributed by atoms with Gasteiger partial charge in [-0.25, -0.2) is 0 Å². The van der Waals surface area contributed by atoms with Crippen molar-refractivity contribution in [2.45, 2.75) is 76.2 Å². The molecule has 0 unspecified atom stereocenters. The SMILES string of the molecule is CC(C)C.CC(C)C.CC(C)C.CC(C)C(=O)[O-]. The van der Waals surface area contributed by atoms with Crippen LogP contribution in [0.15, 0.2) is 0 Å². The number of rotatable bonds is 1. The molecule has 0 aromatic heterocycles. The highest BCUT2D eigenvalue weighted by atomic mass is 16.4. The van der Waals surface area contributed by atoms with Crippen molar-refractivity contribution in [3.63, 3.8) is 0 Å². The number of carbonyl (C=O) groups is 1. The van der Waals surface area contributed by atoms with Gasteiger partial charge in [0.15, 0.2) is 0 Å². The fraction of sp³-hybridized carbons (Fsp3) is 0.938. The lowest BCUT2D eigenvalue weighted by Gasteiger charge is -2.01. The number of carboxylic acid groups (broad SMARTS) is 1. The van der Waals surface area contributed by atoms with E-state index in [2.05, 4.69) is 62.3 Å². The van der Waals surface area contributed by atoms with Crippen LogP contribution in [0.4, 0.5) is 0 Å². The first-order valence-corrected chi connectivity index (χ1v) is 7.05. The van der Waals surface area contributed by atoms with Crippen molar-refractivity contribution in [1.82, 2.24) is 0 Å². The monoisotopic (exact) mass is 261 g/mol. The lowest BCUT2D eigenvalue weighted by molar-refractivity contribution is -0.310. The maximum Gasteiger partial charge on any atom is 0.0439 e. The molecular weight excluding hydrogens is 224 g/mol. The fourth-order valence-electron chi connectivity index (χ4n) is 0. The first-order valence-electron chi connectivity index (χ1n) is 7.05. The van der Waals surface area contributed by atoms with Gasteiger partial charge in [-0.15, -0.1) is 0 Å². The summed E-state index contributed by atoms with van der Waals surface area (Å²) < 4.78 is 0. The molecule has 0 saturated carbocycles. The molecule has 114 valence electrons. The Hall–Kier alpha value is -0.530. The van der Waals surface area contributed by atoms with E-state index in [4.69, 9.17) is 0 Å². The van der Waals surface area contributed by atoms with Gasteiger partial charge in [0.2, 0.25) is 0 Å². The molecule has 0 radical (unpaired) electrons. The molecule has 0 aliphatic carbocycles. The number of carboxylic acids is 1. The zero-order valence-electron chi connectivity index (χ0n) is 14.6. The Morgan fingerprint density at radius 3 is 0.667 bits per heavy atom. The van der Waals surface area contributed by atoms with Gasteiger partial charge in [0.05, 0.1) is 0 Å². The van der Waals surface area contributed by atoms with Crippen LogP contribution in [0, 0.1) is 23.7 Å². The predicted molar refractivity (Wildman–Crippen MR) is 81.4 cm³/mol. The summed E-state index contributed by atoms with van der Waals surface area (Å²) in [6, 6.07) is 0. The average Bonchev–Trinajstić information content (AvgIpc) is 1.99. The summed E-state index contributed by atoms with van der Waals surface area (Å²) in [7, 11) is 0. The summed E-state index contributed by atoms with van der Waals surface area (Å²) in [6.07, 6.45) is 0. The molecule has 0 heterocycles. The van der Waals surface area contributed by atoms with Gasteiger partial charge in [0.1, 0.15) is 0 Å². The molecule has 2 heteroatoms. The molecule has 0 aromatic carbocycles. The van der Waals surface area contributed by atoms with E-state index in [1.54, 1.807) is 13.8 Å². The molecule has 2 nitrogen and oxygen atoms in total. The van der Waals surface area contributed by atoms with E-state index in [0.717, 1.165) is 17.8 Å². The summed E-state index contributed by atoms with van der Waals surface area (Å²) >= 11 is 0. The van der Waals surface area contributed by atoms with E-state index in [9.17, 15) is 9.90 Å². The minimum absolute atomic E-state index is 0.343. The van der Waals surface area contributed by atoms with Crippen LogP contribution in [0.2, 0.25) is 0 Å². The summed E-state index contributed by atoms with van der Waals surface area (Å²) in [5.74, 6) is 1.17. The molecule has 0 saturated heterocycles. The summed E-state index contributed by atoms with van der Waals surface area (Å²) in [4.78, 5) is 9.59. The van der Waals surface area contributed by atoms with Crippen molar-refractivity contribution in [2.24, 2.45) is 23.7 Å². The zero-order valence-corrected chi connectivity index (χ0v) is 14.6. The van der Waals surface area contributed by atoms with Gasteiger partial charge < -0.3 is 9.90 Å². The molecule has 0 amide bonds. The van der Waals surface area contributed by atoms with Crippen molar-refractivity contribution in [3.05, 3.63) is 0 Å². The molecule has 0 spiro atoms. The van der Waals surface area contributed by atoms with Crippen LogP contribution in [0.1, 0.15) is 76.2 Å². The van der Waals surface area contributed by atoms with Crippen molar-refractivity contribution in [1.29, 1.82) is 0 Å². The molecule has 0 rings (SSSR count). The highest BCUT2D eigenvalue weighted by molar-refractivity contribution is 5.66. The van der Waals surface area contributed by atoms with Gasteiger partial charge in [0, 0.05) is 5.97 Å². The zero-order chi connectivity index (χ0) is 15.9. The Kier molecular flexibility index (Phi) is 27.3. The van der Waals surface area contributed by atoms with E-state index in [0.29, 0.717) is 0 Å². The van der Waals surface area contributed by atoms with Gasteiger partial charge in [-0.3, -0.25) is 0 Å². The van der Waals surface area contributed by atoms with Crippen molar-refractivity contribution in [3.8, 4) is 0 Å². The maximum absolute atomic E-state index is 9.59. The third-order valence-corrected chi connectivity index (χ3v) is 0.471. The van der Waals surface area contributed by atoms with Crippen LogP contribution in [-0.2, 0) is 4.79 Å². The second-order valence-corrected chi connectivity index (χ2v) is 6.67. The van der Waals surface area contributed by atoms with Crippen molar-refractivity contribution < 1.29 is 9.90 Å². The minimum atomic E-state index is -0.991. The van der Waals surface area contributed by atoms with Gasteiger partial charge in [0.25, 0.3) is 0 Å². The molecule has 0 atom stereocenters. The normalized spacial score (nSPS) is 9.06. The first kappa shape index (κ1) is 26.1. The summed E-state index contributed by atoms with van der Waals surface area (Å²) in [6.45, 7) is 22.7. The Labute approximate surface area is 116 Å². The second kappa shape index (κ2) is 18.8. The molecule has 0 N–H and O–H groups in total. The smallest absolute Gasteiger partial charge is 0.0439 e. The van der Waals surface area contributed by atoms with Crippen molar-refractivity contribution in [2.75, 3.05) is 0 Å². The Morgan fingerprint density at radius 2 is 0.667 bits per heavy atom. The topological polar surface area (TPSA) is 40.1 Å². The van der Waals surface area contributed by atoms with Crippen LogP contribution in [-0.4, -0.2) is 5.97 Å². The lowest BCUT2D eigenvalue weighted by Crippen LogP contribution is -2.27. The Balaban J connectivity index is -0.0000000742. The van der Waals surface area contributed by atoms with E-state index in [1.807, 2.05) is 0 Å². The van der Waals surface area contributed by atoms with Crippen LogP contribution in [0.25, 0.3) is 0 Å². The molecular formula is C16H37O2-. The van der Waals surface area contributed by atoms with Crippen LogP contribution < -0.4 is 5.11 Å². The molecule has 18 heavy (non-hydrogen) atoms. The van der Waals surface area contributed by atoms with Gasteiger partial charge in [-0.1, -0.05) is 76.2 Å². The number of aliphatic carboxylic acids is 1. The standard InChI is InChI=1S/C4H8O2.3C4H10/c1-3(2)4(5)6;3*1-4(2)3/h3H,1-2H3,(H,5,6);3*4H,1-3H3/p-1. The average molecular weight is 261 g/mol. The maximum atomic E-state index is 9.59. The second-order valence-electron chi connectivity index (χ2n) is 6.67. The highest BCUT2D eigenvalue weighted by Crippen LogP contribution is 1.84. The number of hydrogen-bond donors (Lipinski definition) is 0. The molecule has 0 fully saturated rings. The van der Waals surface area contributed by atoms with E-state index >= 15 is 0 Å². The van der Waals surface area contributed by atoms with Crippen LogP contribution in [0.3, 0.4) is 0 Å². The van der Waals surface area contributed by atoms with Gasteiger partial charge >= 0.3 is 0 Å². The van der Waals surface area contributed by atoms with Crippen molar-refractivity contribution >= 4 is 5.97 Å². The Morgan fingerprint density at radius 1 is 0.611 bits per heavy atom. The molecule has 0 aliphatic rings. The molecule has 0 aliphatic heterocycles. The fourth-order valence-corrected chi connectivity index (χ4v) is 0. The lowest BCUT2D eigenvalue weighted by atomic mass is 10.2. The molecule has 0 bridgehead atoms. The quantitative estimate of drug-likeness (QED) is 0.703. The van der Waals surface area contributed by atoms with Crippen LogP contribution in [0.5, 0.6) is 0 Å². The first-order chi connectivity index (χ1) is 7.84. The largest absolute Gasteiger partial charge is 0.550 e. The van der Waals surface area contributed by atoms with Crippen LogP contribution >= 0.6 is 0 Å². The number of carbonyl (C=O) groups excluding carboxylic acids is 1. The van der Waals surface area contributed by atoms with E-state index < -0.39 is 5.97 Å². The third-order valence-electron chi connectivity index (χ3n) is 0.471. The number of hydrogen-bond acceptors (Lipinski definition) is 2. The van der Waals surface area contributed by atoms with E-state index in [1.165, 1.54) is 0 Å². The predicted octanol–water partition coefficient (Wildman–Crippen LogP) is 4.38. The highest BCUT2D eigenvalue weighted by Gasteiger charge is 1.87. The van der Waals surface area contributed by atoms with E-state index in [-0.39, 0.29) is 5.92 Å². The van der Waals surface area contributed by atoms with Gasteiger partial charge in [-0.05, 0) is 23.7 Å². The summed E-state index contributed by atoms with van der Waals surface area (Å²) in [5, 5.41) is 9.59.